The highest BCUT2D eigenvalue weighted by molar-refractivity contribution is 6.02. The predicted octanol–water partition coefficient (Wildman–Crippen LogP) is 4.00. The summed E-state index contributed by atoms with van der Waals surface area (Å²) >= 11 is 0. The van der Waals surface area contributed by atoms with Gasteiger partial charge in [0.05, 0.1) is 5.39 Å². The second-order valence-corrected chi connectivity index (χ2v) is 8.71. The zero-order valence-electron chi connectivity index (χ0n) is 19.6. The molecule has 4 rings (SSSR count). The molecule has 1 aromatic carbocycles. The van der Waals surface area contributed by atoms with E-state index in [1.807, 2.05) is 0 Å². The number of rotatable bonds is 7. The maximum atomic E-state index is 13.5. The van der Waals surface area contributed by atoms with E-state index in [4.69, 9.17) is 0 Å². The molecule has 9 heteroatoms. The van der Waals surface area contributed by atoms with Gasteiger partial charge in [-0.3, -0.25) is 14.2 Å². The van der Waals surface area contributed by atoms with Crippen molar-refractivity contribution in [3.8, 4) is 16.9 Å². The van der Waals surface area contributed by atoms with Gasteiger partial charge in [-0.1, -0.05) is 25.6 Å². The Morgan fingerprint density at radius 2 is 1.89 bits per heavy atom. The number of fused-ring (bicyclic) bond motifs is 1. The van der Waals surface area contributed by atoms with Crippen molar-refractivity contribution >= 4 is 16.9 Å². The number of piperidine rings is 1. The zero-order valence-corrected chi connectivity index (χ0v) is 19.6. The van der Waals surface area contributed by atoms with Gasteiger partial charge in [0.2, 0.25) is 0 Å². The molecule has 1 aliphatic rings. The lowest BCUT2D eigenvalue weighted by molar-refractivity contribution is 0.0960. The van der Waals surface area contributed by atoms with Gasteiger partial charge < -0.3 is 15.3 Å². The Labute approximate surface area is 201 Å². The molecule has 7 nitrogen and oxygen atoms in total. The van der Waals surface area contributed by atoms with Crippen molar-refractivity contribution < 1.29 is 18.7 Å². The van der Waals surface area contributed by atoms with Crippen molar-refractivity contribution in [3.05, 3.63) is 70.5 Å². The monoisotopic (exact) mass is 482 g/mol. The number of nitrogens with one attached hydrogen (secondary N) is 1. The number of benzene rings is 1. The molecule has 1 aliphatic heterocycles. The molecule has 2 aromatic heterocycles. The second-order valence-electron chi connectivity index (χ2n) is 8.71. The highest BCUT2D eigenvalue weighted by Crippen LogP contribution is 2.30. The highest BCUT2D eigenvalue weighted by atomic mass is 19.1. The van der Waals surface area contributed by atoms with Crippen LogP contribution in [-0.4, -0.2) is 51.3 Å². The van der Waals surface area contributed by atoms with Crippen molar-refractivity contribution in [1.29, 1.82) is 0 Å². The number of hydrogen-bond donors (Lipinski definition) is 2. The number of hydrogen-bond acceptors (Lipinski definition) is 5. The van der Waals surface area contributed by atoms with Crippen molar-refractivity contribution in [1.82, 2.24) is 19.8 Å². The predicted molar refractivity (Wildman–Crippen MR) is 131 cm³/mol. The minimum Gasteiger partial charge on any atom is -0.506 e. The van der Waals surface area contributed by atoms with Gasteiger partial charge >= 0.3 is 0 Å². The molecule has 1 amide bonds. The summed E-state index contributed by atoms with van der Waals surface area (Å²) in [5.74, 6) is -1.61. The van der Waals surface area contributed by atoms with Crippen molar-refractivity contribution in [2.45, 2.75) is 38.9 Å². The number of halogens is 2. The maximum absolute atomic E-state index is 13.5. The average Bonchev–Trinajstić information content (AvgIpc) is 2.85. The van der Waals surface area contributed by atoms with Crippen LogP contribution in [0.25, 0.3) is 22.2 Å². The third-order valence-electron chi connectivity index (χ3n) is 6.35. The largest absolute Gasteiger partial charge is 0.506 e. The quantitative estimate of drug-likeness (QED) is 0.532. The van der Waals surface area contributed by atoms with Crippen LogP contribution in [0.3, 0.4) is 0 Å². The van der Waals surface area contributed by atoms with Crippen LogP contribution >= 0.6 is 0 Å². The first-order valence-electron chi connectivity index (χ1n) is 11.7. The fourth-order valence-electron chi connectivity index (χ4n) is 4.20. The molecular formula is C26H28F2N4O3. The van der Waals surface area contributed by atoms with Crippen molar-refractivity contribution in [3.63, 3.8) is 0 Å². The first-order chi connectivity index (χ1) is 16.8. The molecular weight excluding hydrogens is 454 g/mol. The first-order valence-corrected chi connectivity index (χ1v) is 11.7. The molecule has 184 valence electrons. The van der Waals surface area contributed by atoms with Crippen LogP contribution in [0.15, 0.2) is 53.6 Å². The Morgan fingerprint density at radius 1 is 1.20 bits per heavy atom. The normalized spacial score (nSPS) is 14.8. The van der Waals surface area contributed by atoms with Gasteiger partial charge in [0.1, 0.15) is 28.9 Å². The fraction of sp³-hybridized carbons (Fsp3) is 0.346. The number of nitrogens with zero attached hydrogens (tertiary/aromatic N) is 3. The van der Waals surface area contributed by atoms with Crippen LogP contribution < -0.4 is 10.9 Å². The number of alkyl halides is 1. The van der Waals surface area contributed by atoms with E-state index in [0.717, 1.165) is 0 Å². The molecule has 35 heavy (non-hydrogen) atoms. The van der Waals surface area contributed by atoms with E-state index in [-0.39, 0.29) is 23.4 Å². The molecule has 3 aromatic rings. The summed E-state index contributed by atoms with van der Waals surface area (Å²) in [6.07, 6.45) is 2.08. The minimum atomic E-state index is -0.808. The summed E-state index contributed by atoms with van der Waals surface area (Å²) in [5, 5.41) is 13.8. The number of carbonyl (C=O) groups excluding carboxylic acids is 1. The summed E-state index contributed by atoms with van der Waals surface area (Å²) in [6, 6.07) is 7.42. The van der Waals surface area contributed by atoms with Gasteiger partial charge in [0.15, 0.2) is 0 Å². The minimum absolute atomic E-state index is 0.213. The summed E-state index contributed by atoms with van der Waals surface area (Å²) in [5.41, 5.74) is 0.827. The van der Waals surface area contributed by atoms with E-state index in [0.29, 0.717) is 55.7 Å². The van der Waals surface area contributed by atoms with E-state index in [2.05, 4.69) is 21.8 Å². The number of aromatic nitrogens is 2. The summed E-state index contributed by atoms with van der Waals surface area (Å²) in [4.78, 5) is 32.8. The number of amides is 1. The molecule has 0 radical (unpaired) electrons. The third-order valence-corrected chi connectivity index (χ3v) is 6.35. The molecule has 0 unspecified atom stereocenters. The average molecular weight is 483 g/mol. The third kappa shape index (κ3) is 5.24. The van der Waals surface area contributed by atoms with Gasteiger partial charge in [-0.05, 0) is 43.0 Å². The van der Waals surface area contributed by atoms with Gasteiger partial charge in [-0.15, -0.1) is 0 Å². The Balaban J connectivity index is 1.80. The van der Waals surface area contributed by atoms with Crippen molar-refractivity contribution in [2.24, 2.45) is 0 Å². The Hall–Kier alpha value is -3.59. The fourth-order valence-corrected chi connectivity index (χ4v) is 4.20. The van der Waals surface area contributed by atoms with E-state index >= 15 is 0 Å². The molecule has 1 fully saturated rings. The smallest absolute Gasteiger partial charge is 0.268 e. The van der Waals surface area contributed by atoms with E-state index in [1.165, 1.54) is 22.9 Å². The number of aromatic hydroxyl groups is 1. The Morgan fingerprint density at radius 3 is 2.54 bits per heavy atom. The van der Waals surface area contributed by atoms with Crippen LogP contribution in [0.5, 0.6) is 5.75 Å². The van der Waals surface area contributed by atoms with Crippen LogP contribution in [0.4, 0.5) is 8.78 Å². The number of likely N-dealkylation sites (tertiary alicyclic amines) is 1. The summed E-state index contributed by atoms with van der Waals surface area (Å²) < 4.78 is 28.3. The van der Waals surface area contributed by atoms with E-state index < -0.39 is 29.0 Å². The first kappa shape index (κ1) is 24.5. The highest BCUT2D eigenvalue weighted by Gasteiger charge is 2.25. The number of carbonyl (C=O) groups is 1. The van der Waals surface area contributed by atoms with Gasteiger partial charge in [-0.25, -0.2) is 13.8 Å². The lowest BCUT2D eigenvalue weighted by atomic mass is 10.0. The van der Waals surface area contributed by atoms with Gasteiger partial charge in [0.25, 0.3) is 11.5 Å². The molecule has 0 spiro atoms. The van der Waals surface area contributed by atoms with Gasteiger partial charge in [0, 0.05) is 43.6 Å². The molecule has 0 aliphatic carbocycles. The SMILES string of the molecule is C=C(CC)NC(=O)c1c(O)c2cc(-c3ccc(F)cc3)cnc2n(CCN2CCC(F)CC2)c1=O. The number of pyridine rings is 2. The second kappa shape index (κ2) is 10.4. The Bertz CT molecular complexity index is 1310. The zero-order chi connectivity index (χ0) is 25.1. The molecule has 0 bridgehead atoms. The summed E-state index contributed by atoms with van der Waals surface area (Å²) in [7, 11) is 0. The molecule has 2 N–H and O–H groups in total. The topological polar surface area (TPSA) is 87.5 Å². The lowest BCUT2D eigenvalue weighted by Crippen LogP contribution is -2.39. The number of allylic oxidation sites excluding steroid dienone is 1. The van der Waals surface area contributed by atoms with Crippen LogP contribution in [0.1, 0.15) is 36.5 Å². The molecule has 1 saturated heterocycles. The van der Waals surface area contributed by atoms with Crippen LogP contribution in [0.2, 0.25) is 0 Å². The van der Waals surface area contributed by atoms with E-state index in [1.54, 1.807) is 25.1 Å². The van der Waals surface area contributed by atoms with Gasteiger partial charge in [-0.2, -0.15) is 0 Å². The standard InChI is InChI=1S/C26H28F2N4O3/c1-3-16(2)30-25(34)22-23(33)21-14-18(17-4-6-19(27)7-5-17)15-29-24(21)32(26(22)35)13-12-31-10-8-20(28)9-11-31/h4-7,14-15,20,33H,2-3,8-13H2,1H3,(H,30,34). The van der Waals surface area contributed by atoms with Crippen molar-refractivity contribution in [2.75, 3.05) is 19.6 Å². The molecule has 0 saturated carbocycles. The lowest BCUT2D eigenvalue weighted by Gasteiger charge is -2.28. The molecule has 0 atom stereocenters. The van der Waals surface area contributed by atoms with E-state index in [9.17, 15) is 23.5 Å². The van der Waals surface area contributed by atoms with Crippen LogP contribution in [-0.2, 0) is 6.54 Å². The Kier molecular flexibility index (Phi) is 7.25. The maximum Gasteiger partial charge on any atom is 0.268 e. The van der Waals surface area contributed by atoms with Crippen LogP contribution in [0, 0.1) is 5.82 Å². The molecule has 3 heterocycles. The summed E-state index contributed by atoms with van der Waals surface area (Å²) in [6.45, 7) is 7.39.